The van der Waals surface area contributed by atoms with Crippen LogP contribution in [0.5, 0.6) is 0 Å². The Morgan fingerprint density at radius 1 is 1.28 bits per heavy atom. The molecule has 0 atom stereocenters. The Bertz CT molecular complexity index is 558. The normalized spacial score (nSPS) is 9.89. The van der Waals surface area contributed by atoms with Crippen LogP contribution >= 0.6 is 23.1 Å². The van der Waals surface area contributed by atoms with Crippen LogP contribution in [0.25, 0.3) is 0 Å². The fourth-order valence-electron chi connectivity index (χ4n) is 1.46. The molecule has 0 spiro atoms. The van der Waals surface area contributed by atoms with Crippen molar-refractivity contribution in [2.75, 3.05) is 6.54 Å². The van der Waals surface area contributed by atoms with Gasteiger partial charge in [-0.25, -0.2) is 0 Å². The number of hydrogen-bond acceptors (Lipinski definition) is 3. The molecule has 0 saturated carbocycles. The smallest absolute Gasteiger partial charge is 0.0555 e. The van der Waals surface area contributed by atoms with E-state index in [0.717, 1.165) is 11.3 Å². The predicted octanol–water partition coefficient (Wildman–Crippen LogP) is 3.66. The minimum absolute atomic E-state index is 0.420. The third kappa shape index (κ3) is 3.92. The molecule has 0 saturated heterocycles. The molecule has 0 unspecified atom stereocenters. The number of hydrogen-bond donors (Lipinski definition) is 1. The number of benzene rings is 1. The van der Waals surface area contributed by atoms with E-state index in [2.05, 4.69) is 54.5 Å². The second kappa shape index (κ2) is 6.65. The first kappa shape index (κ1) is 13.2. The zero-order valence-electron chi connectivity index (χ0n) is 10.3. The summed E-state index contributed by atoms with van der Waals surface area (Å²) in [7, 11) is 0. The van der Waals surface area contributed by atoms with E-state index in [1.807, 2.05) is 11.8 Å². The lowest BCUT2D eigenvalue weighted by atomic mass is 10.2. The first-order valence-corrected chi connectivity index (χ1v) is 7.60. The quantitative estimate of drug-likeness (QED) is 0.682. The van der Waals surface area contributed by atoms with E-state index < -0.39 is 0 Å². The van der Waals surface area contributed by atoms with Gasteiger partial charge in [0.1, 0.15) is 0 Å². The molecule has 18 heavy (non-hydrogen) atoms. The zero-order valence-corrected chi connectivity index (χ0v) is 11.9. The van der Waals surface area contributed by atoms with Crippen LogP contribution in [0.1, 0.15) is 16.0 Å². The maximum atomic E-state index is 5.36. The second-order valence-electron chi connectivity index (χ2n) is 3.91. The van der Waals surface area contributed by atoms with Gasteiger partial charge in [0.2, 0.25) is 0 Å². The van der Waals surface area contributed by atoms with Gasteiger partial charge in [0.25, 0.3) is 0 Å². The van der Waals surface area contributed by atoms with Crippen LogP contribution in [0.4, 0.5) is 0 Å². The Balaban J connectivity index is 1.94. The minimum Gasteiger partial charge on any atom is -0.320 e. The van der Waals surface area contributed by atoms with E-state index in [1.165, 1.54) is 15.3 Å². The van der Waals surface area contributed by atoms with Gasteiger partial charge in [-0.2, -0.15) is 0 Å². The van der Waals surface area contributed by atoms with E-state index in [0.29, 0.717) is 6.54 Å². The second-order valence-corrected chi connectivity index (χ2v) is 5.95. The molecule has 2 N–H and O–H groups in total. The van der Waals surface area contributed by atoms with Crippen molar-refractivity contribution in [1.82, 2.24) is 0 Å². The standard InChI is InChI=1S/C15H15NS2/c1-12-4-6-14(7-5-12)18-11-15-9-13(10-17-15)3-2-8-16/h4-7,9-10H,8,11,16H2,1H3. The van der Waals surface area contributed by atoms with Gasteiger partial charge >= 0.3 is 0 Å². The molecule has 0 aliphatic rings. The van der Waals surface area contributed by atoms with Crippen molar-refractivity contribution in [3.63, 3.8) is 0 Å². The van der Waals surface area contributed by atoms with Gasteiger partial charge in [0.15, 0.2) is 0 Å². The monoisotopic (exact) mass is 273 g/mol. The number of thioether (sulfide) groups is 1. The number of rotatable bonds is 3. The largest absolute Gasteiger partial charge is 0.320 e. The fraction of sp³-hybridized carbons (Fsp3) is 0.200. The van der Waals surface area contributed by atoms with Crippen molar-refractivity contribution >= 4 is 23.1 Å². The van der Waals surface area contributed by atoms with E-state index in [1.54, 1.807) is 11.3 Å². The molecule has 92 valence electrons. The molecular formula is C15H15NS2. The molecular weight excluding hydrogens is 258 g/mol. The highest BCUT2D eigenvalue weighted by molar-refractivity contribution is 7.98. The molecule has 0 amide bonds. The molecule has 0 aliphatic heterocycles. The summed E-state index contributed by atoms with van der Waals surface area (Å²) >= 11 is 3.62. The molecule has 0 aliphatic carbocycles. The van der Waals surface area contributed by atoms with Crippen LogP contribution in [0.2, 0.25) is 0 Å². The number of nitrogens with two attached hydrogens (primary N) is 1. The summed E-state index contributed by atoms with van der Waals surface area (Å²) in [6.45, 7) is 2.53. The molecule has 2 aromatic rings. The molecule has 0 radical (unpaired) electrons. The summed E-state index contributed by atoms with van der Waals surface area (Å²) in [6.07, 6.45) is 0. The topological polar surface area (TPSA) is 26.0 Å². The van der Waals surface area contributed by atoms with E-state index in [-0.39, 0.29) is 0 Å². The first-order valence-electron chi connectivity index (χ1n) is 5.74. The Morgan fingerprint density at radius 3 is 2.78 bits per heavy atom. The first-order chi connectivity index (χ1) is 8.78. The van der Waals surface area contributed by atoms with E-state index in [9.17, 15) is 0 Å². The maximum absolute atomic E-state index is 5.36. The van der Waals surface area contributed by atoms with Crippen LogP contribution in [0, 0.1) is 18.8 Å². The van der Waals surface area contributed by atoms with Gasteiger partial charge in [-0.15, -0.1) is 23.1 Å². The van der Waals surface area contributed by atoms with Crippen LogP contribution in [-0.2, 0) is 5.75 Å². The lowest BCUT2D eigenvalue weighted by molar-refractivity contribution is 1.30. The number of thiophene rings is 1. The SMILES string of the molecule is Cc1ccc(SCc2cc(C#CCN)cs2)cc1. The molecule has 0 bridgehead atoms. The highest BCUT2D eigenvalue weighted by Crippen LogP contribution is 2.26. The average molecular weight is 273 g/mol. The van der Waals surface area contributed by atoms with Crippen LogP contribution in [-0.4, -0.2) is 6.54 Å². The van der Waals surface area contributed by atoms with Crippen molar-refractivity contribution in [1.29, 1.82) is 0 Å². The maximum Gasteiger partial charge on any atom is 0.0555 e. The Labute approximate surface area is 116 Å². The van der Waals surface area contributed by atoms with Crippen molar-refractivity contribution < 1.29 is 0 Å². The van der Waals surface area contributed by atoms with Gasteiger partial charge in [0, 0.05) is 26.5 Å². The van der Waals surface area contributed by atoms with Crippen molar-refractivity contribution in [3.8, 4) is 11.8 Å². The zero-order chi connectivity index (χ0) is 12.8. The Morgan fingerprint density at radius 2 is 2.06 bits per heavy atom. The summed E-state index contributed by atoms with van der Waals surface area (Å²) in [6, 6.07) is 10.8. The van der Waals surface area contributed by atoms with E-state index in [4.69, 9.17) is 5.73 Å². The third-order valence-corrected chi connectivity index (χ3v) is 4.57. The lowest BCUT2D eigenvalue weighted by Crippen LogP contribution is -1.92. The predicted molar refractivity (Wildman–Crippen MR) is 81.0 cm³/mol. The summed E-state index contributed by atoms with van der Waals surface area (Å²) in [5, 5.41) is 2.09. The van der Waals surface area contributed by atoms with Gasteiger partial charge < -0.3 is 5.73 Å². The lowest BCUT2D eigenvalue weighted by Gasteiger charge is -1.99. The molecule has 0 fully saturated rings. The highest BCUT2D eigenvalue weighted by Gasteiger charge is 1.99. The van der Waals surface area contributed by atoms with Crippen molar-refractivity contribution in [2.45, 2.75) is 17.6 Å². The van der Waals surface area contributed by atoms with Crippen molar-refractivity contribution in [3.05, 3.63) is 51.7 Å². The summed E-state index contributed by atoms with van der Waals surface area (Å²) in [5.74, 6) is 6.93. The Hall–Kier alpha value is -1.21. The molecule has 1 aromatic heterocycles. The highest BCUT2D eigenvalue weighted by atomic mass is 32.2. The summed E-state index contributed by atoms with van der Waals surface area (Å²) in [4.78, 5) is 2.66. The summed E-state index contributed by atoms with van der Waals surface area (Å²) < 4.78 is 0. The van der Waals surface area contributed by atoms with E-state index >= 15 is 0 Å². The van der Waals surface area contributed by atoms with Crippen LogP contribution in [0.15, 0.2) is 40.6 Å². The molecule has 1 aromatic carbocycles. The van der Waals surface area contributed by atoms with Gasteiger partial charge in [0.05, 0.1) is 6.54 Å². The van der Waals surface area contributed by atoms with Crippen molar-refractivity contribution in [2.24, 2.45) is 5.73 Å². The molecule has 1 heterocycles. The average Bonchev–Trinajstić information content (AvgIpc) is 2.84. The molecule has 1 nitrogen and oxygen atoms in total. The van der Waals surface area contributed by atoms with Crippen LogP contribution in [0.3, 0.4) is 0 Å². The molecule has 2 rings (SSSR count). The third-order valence-electron chi connectivity index (χ3n) is 2.39. The minimum atomic E-state index is 0.420. The summed E-state index contributed by atoms with van der Waals surface area (Å²) in [5.41, 5.74) is 7.73. The van der Waals surface area contributed by atoms with Crippen LogP contribution < -0.4 is 5.73 Å². The van der Waals surface area contributed by atoms with Gasteiger partial charge in [-0.1, -0.05) is 29.5 Å². The Kier molecular flexibility index (Phi) is 4.89. The number of aryl methyl sites for hydroxylation is 1. The van der Waals surface area contributed by atoms with Gasteiger partial charge in [-0.3, -0.25) is 0 Å². The fourth-order valence-corrected chi connectivity index (χ4v) is 3.23. The molecule has 3 heteroatoms. The van der Waals surface area contributed by atoms with Gasteiger partial charge in [-0.05, 0) is 25.1 Å².